The summed E-state index contributed by atoms with van der Waals surface area (Å²) >= 11 is 2.70. The maximum atomic E-state index is 13.2. The molecule has 0 spiro atoms. The van der Waals surface area contributed by atoms with E-state index in [1.165, 1.54) is 45.7 Å². The summed E-state index contributed by atoms with van der Waals surface area (Å²) in [4.78, 5) is 30.6. The van der Waals surface area contributed by atoms with Gasteiger partial charge in [-0.1, -0.05) is 18.2 Å². The molecule has 25 heavy (non-hydrogen) atoms. The Kier molecular flexibility index (Phi) is 4.03. The van der Waals surface area contributed by atoms with Crippen LogP contribution in [-0.4, -0.2) is 15.3 Å². The molecule has 0 unspecified atom stereocenters. The first-order valence-corrected chi connectivity index (χ1v) is 9.18. The Bertz CT molecular complexity index is 1110. The van der Waals surface area contributed by atoms with Crippen LogP contribution in [0.1, 0.15) is 9.67 Å². The van der Waals surface area contributed by atoms with Gasteiger partial charge in [0.05, 0.1) is 23.1 Å². The van der Waals surface area contributed by atoms with Crippen LogP contribution in [0.4, 0.5) is 4.39 Å². The second-order valence-electron chi connectivity index (χ2n) is 5.41. The second kappa shape index (κ2) is 6.34. The molecule has 0 atom stereocenters. The monoisotopic (exact) mass is 370 g/mol. The summed E-state index contributed by atoms with van der Waals surface area (Å²) in [5, 5.41) is 4.11. The third kappa shape index (κ3) is 2.92. The predicted octanol–water partition coefficient (Wildman–Crippen LogP) is 4.21. The SMILES string of the molecule is O=C(Cn1cnc2scc(-c3ccc(F)cc3)c2c1=O)c1cccs1. The van der Waals surface area contributed by atoms with Gasteiger partial charge < -0.3 is 0 Å². The standard InChI is InChI=1S/C18H11FN2O2S2/c19-12-5-3-11(4-6-12)13-9-25-17-16(13)18(23)21(10-20-17)8-14(22)15-2-1-7-24-15/h1-7,9-10H,8H2. The molecule has 0 N–H and O–H groups in total. The summed E-state index contributed by atoms with van der Waals surface area (Å²) in [7, 11) is 0. The molecule has 0 aliphatic heterocycles. The van der Waals surface area contributed by atoms with Crippen LogP contribution in [0, 0.1) is 5.82 Å². The Morgan fingerprint density at radius 2 is 1.96 bits per heavy atom. The molecule has 4 rings (SSSR count). The molecule has 0 aliphatic rings. The van der Waals surface area contributed by atoms with E-state index in [0.29, 0.717) is 20.7 Å². The van der Waals surface area contributed by atoms with Gasteiger partial charge in [-0.2, -0.15) is 0 Å². The van der Waals surface area contributed by atoms with Crippen molar-refractivity contribution in [3.05, 3.63) is 74.5 Å². The van der Waals surface area contributed by atoms with E-state index in [4.69, 9.17) is 0 Å². The van der Waals surface area contributed by atoms with E-state index in [1.54, 1.807) is 24.3 Å². The van der Waals surface area contributed by atoms with Gasteiger partial charge in [-0.3, -0.25) is 14.2 Å². The number of carbonyl (C=O) groups is 1. The Balaban J connectivity index is 1.79. The van der Waals surface area contributed by atoms with Gasteiger partial charge in [0, 0.05) is 10.9 Å². The number of ketones is 1. The van der Waals surface area contributed by atoms with Crippen molar-refractivity contribution in [3.8, 4) is 11.1 Å². The van der Waals surface area contributed by atoms with E-state index in [2.05, 4.69) is 4.98 Å². The lowest BCUT2D eigenvalue weighted by Gasteiger charge is -2.05. The van der Waals surface area contributed by atoms with Gasteiger partial charge in [0.15, 0.2) is 5.78 Å². The number of Topliss-reactive ketones (excluding diaryl/α,β-unsaturated/α-hetero) is 1. The van der Waals surface area contributed by atoms with E-state index in [0.717, 1.165) is 5.56 Å². The molecular formula is C18H11FN2O2S2. The average molecular weight is 370 g/mol. The number of halogens is 1. The normalized spacial score (nSPS) is 11.1. The fraction of sp³-hybridized carbons (Fsp3) is 0.0556. The second-order valence-corrected chi connectivity index (χ2v) is 7.22. The van der Waals surface area contributed by atoms with Crippen molar-refractivity contribution >= 4 is 38.7 Å². The number of aromatic nitrogens is 2. The number of carbonyl (C=O) groups excluding carboxylic acids is 1. The average Bonchev–Trinajstić information content (AvgIpc) is 3.28. The van der Waals surface area contributed by atoms with Gasteiger partial charge in [0.2, 0.25) is 0 Å². The van der Waals surface area contributed by atoms with Crippen LogP contribution in [-0.2, 0) is 6.54 Å². The molecular weight excluding hydrogens is 359 g/mol. The first-order valence-electron chi connectivity index (χ1n) is 7.43. The molecule has 3 aromatic heterocycles. The molecule has 0 saturated carbocycles. The van der Waals surface area contributed by atoms with Crippen LogP contribution in [0.5, 0.6) is 0 Å². The van der Waals surface area contributed by atoms with Crippen LogP contribution in [0.25, 0.3) is 21.3 Å². The molecule has 124 valence electrons. The smallest absolute Gasteiger partial charge is 0.263 e. The molecule has 4 aromatic rings. The number of benzene rings is 1. The molecule has 0 saturated heterocycles. The first-order chi connectivity index (χ1) is 12.1. The van der Waals surface area contributed by atoms with E-state index < -0.39 is 0 Å². The quantitative estimate of drug-likeness (QED) is 0.506. The molecule has 3 heterocycles. The first kappa shape index (κ1) is 15.9. The van der Waals surface area contributed by atoms with Gasteiger partial charge in [-0.05, 0) is 29.1 Å². The van der Waals surface area contributed by atoms with Crippen LogP contribution in [0.3, 0.4) is 0 Å². The minimum absolute atomic E-state index is 0.0546. The van der Waals surface area contributed by atoms with Crippen molar-refractivity contribution < 1.29 is 9.18 Å². The molecule has 0 amide bonds. The number of rotatable bonds is 4. The summed E-state index contributed by atoms with van der Waals surface area (Å²) in [5.41, 5.74) is 1.18. The largest absolute Gasteiger partial charge is 0.291 e. The van der Waals surface area contributed by atoms with Crippen molar-refractivity contribution in [2.75, 3.05) is 0 Å². The number of hydrogen-bond acceptors (Lipinski definition) is 5. The number of hydrogen-bond donors (Lipinski definition) is 0. The van der Waals surface area contributed by atoms with Crippen LogP contribution < -0.4 is 5.56 Å². The topological polar surface area (TPSA) is 52.0 Å². The Labute approximate surface area is 149 Å². The van der Waals surface area contributed by atoms with Crippen molar-refractivity contribution in [1.29, 1.82) is 0 Å². The van der Waals surface area contributed by atoms with E-state index in [1.807, 2.05) is 10.8 Å². The van der Waals surface area contributed by atoms with Crippen LogP contribution >= 0.6 is 22.7 Å². The zero-order valence-corrected chi connectivity index (χ0v) is 14.4. The Morgan fingerprint density at radius 1 is 1.16 bits per heavy atom. The highest BCUT2D eigenvalue weighted by molar-refractivity contribution is 7.17. The van der Waals surface area contributed by atoms with Crippen molar-refractivity contribution in [2.45, 2.75) is 6.54 Å². The van der Waals surface area contributed by atoms with Crippen LogP contribution in [0.15, 0.2) is 58.3 Å². The minimum Gasteiger partial charge on any atom is -0.291 e. The molecule has 0 fully saturated rings. The van der Waals surface area contributed by atoms with Crippen molar-refractivity contribution in [2.24, 2.45) is 0 Å². The molecule has 0 radical (unpaired) electrons. The summed E-state index contributed by atoms with van der Waals surface area (Å²) in [6, 6.07) is 9.50. The van der Waals surface area contributed by atoms with Crippen molar-refractivity contribution in [3.63, 3.8) is 0 Å². The maximum absolute atomic E-state index is 13.2. The summed E-state index contributed by atoms with van der Waals surface area (Å²) in [6.07, 6.45) is 1.40. The zero-order valence-electron chi connectivity index (χ0n) is 12.8. The highest BCUT2D eigenvalue weighted by atomic mass is 32.1. The van der Waals surface area contributed by atoms with Crippen molar-refractivity contribution in [1.82, 2.24) is 9.55 Å². The minimum atomic E-state index is -0.333. The fourth-order valence-corrected chi connectivity index (χ4v) is 4.16. The van der Waals surface area contributed by atoms with E-state index in [-0.39, 0.29) is 23.7 Å². The highest BCUT2D eigenvalue weighted by Crippen LogP contribution is 2.30. The van der Waals surface area contributed by atoms with Gasteiger partial charge in [-0.25, -0.2) is 9.37 Å². The lowest BCUT2D eigenvalue weighted by Crippen LogP contribution is -2.24. The van der Waals surface area contributed by atoms with Gasteiger partial charge in [0.25, 0.3) is 5.56 Å². The lowest BCUT2D eigenvalue weighted by atomic mass is 10.1. The number of fused-ring (bicyclic) bond motifs is 1. The van der Waals surface area contributed by atoms with E-state index in [9.17, 15) is 14.0 Å². The maximum Gasteiger partial charge on any atom is 0.263 e. The van der Waals surface area contributed by atoms with Gasteiger partial charge >= 0.3 is 0 Å². The molecule has 0 aliphatic carbocycles. The summed E-state index contributed by atoms with van der Waals surface area (Å²) in [6.45, 7) is -0.0546. The van der Waals surface area contributed by atoms with Gasteiger partial charge in [-0.15, -0.1) is 22.7 Å². The molecule has 0 bridgehead atoms. The Morgan fingerprint density at radius 3 is 2.68 bits per heavy atom. The molecule has 4 nitrogen and oxygen atoms in total. The number of nitrogens with zero attached hydrogens (tertiary/aromatic N) is 2. The van der Waals surface area contributed by atoms with E-state index >= 15 is 0 Å². The third-order valence-electron chi connectivity index (χ3n) is 3.83. The summed E-state index contributed by atoms with van der Waals surface area (Å²) in [5.74, 6) is -0.461. The predicted molar refractivity (Wildman–Crippen MR) is 97.9 cm³/mol. The Hall–Kier alpha value is -2.64. The molecule has 1 aromatic carbocycles. The van der Waals surface area contributed by atoms with Gasteiger partial charge in [0.1, 0.15) is 10.6 Å². The summed E-state index contributed by atoms with van der Waals surface area (Å²) < 4.78 is 14.5. The molecule has 7 heteroatoms. The fourth-order valence-electron chi connectivity index (χ4n) is 2.59. The zero-order chi connectivity index (χ0) is 17.4. The lowest BCUT2D eigenvalue weighted by molar-refractivity contribution is 0.0974. The number of thiophene rings is 2. The highest BCUT2D eigenvalue weighted by Gasteiger charge is 2.15. The van der Waals surface area contributed by atoms with Crippen LogP contribution in [0.2, 0.25) is 0 Å². The third-order valence-corrected chi connectivity index (χ3v) is 5.62.